The van der Waals surface area contributed by atoms with E-state index < -0.39 is 17.9 Å². The quantitative estimate of drug-likeness (QED) is 0.406. The van der Waals surface area contributed by atoms with Gasteiger partial charge in [0.15, 0.2) is 0 Å². The number of hydrogen-bond donors (Lipinski definition) is 0. The number of aliphatic carboxylic acids is 3. The molecule has 0 fully saturated rings. The third kappa shape index (κ3) is 36.0. The minimum Gasteiger partial charge on any atom is -0.545 e. The molecule has 0 amide bonds. The third-order valence-corrected chi connectivity index (χ3v) is 1.05. The van der Waals surface area contributed by atoms with Gasteiger partial charge < -0.3 is 29.7 Å². The van der Waals surface area contributed by atoms with E-state index in [-0.39, 0.29) is 55.7 Å². The van der Waals surface area contributed by atoms with Gasteiger partial charge in [0.1, 0.15) is 0 Å². The Hall–Kier alpha value is -1.12. The Morgan fingerprint density at radius 1 is 0.600 bits per heavy atom. The van der Waals surface area contributed by atoms with Crippen molar-refractivity contribution in [2.45, 2.75) is 20.8 Å². The molecule has 0 saturated heterocycles. The summed E-state index contributed by atoms with van der Waals surface area (Å²) in [5, 5.41) is 28.5. The van der Waals surface area contributed by atoms with E-state index in [1.54, 1.807) is 0 Å². The van der Waals surface area contributed by atoms with Crippen molar-refractivity contribution in [2.75, 3.05) is 0 Å². The van der Waals surface area contributed by atoms with Crippen LogP contribution in [0, 0.1) is 0 Å². The predicted molar refractivity (Wildman–Crippen MR) is 59.5 cm³/mol. The molecule has 20 heavy (non-hydrogen) atoms. The topological polar surface area (TPSA) is 120 Å². The number of carbonyl (C=O) groups excluding carboxylic acids is 3. The summed E-state index contributed by atoms with van der Waals surface area (Å²) in [6.45, 7) is 13.4. The molecule has 0 aliphatic heterocycles. The van der Waals surface area contributed by atoms with E-state index in [1.165, 1.54) is 20.8 Å². The van der Waals surface area contributed by atoms with Crippen LogP contribution in [0.25, 0.3) is 0 Å². The van der Waals surface area contributed by atoms with Gasteiger partial charge in [0, 0.05) is 0 Å². The molecule has 0 radical (unpaired) electrons. The van der Waals surface area contributed by atoms with Crippen molar-refractivity contribution in [1.29, 1.82) is 0 Å². The average Bonchev–Trinajstić information content (AvgIpc) is 2.18. The summed E-state index contributed by atoms with van der Waals surface area (Å²) in [5.41, 5.74) is 0.194. The number of hydrogen-bond acceptors (Lipinski definition) is 6. The summed E-state index contributed by atoms with van der Waals surface area (Å²) in [5.74, 6) is -3.56. The summed E-state index contributed by atoms with van der Waals surface area (Å²) >= 11 is 0. The van der Waals surface area contributed by atoms with E-state index in [0.29, 0.717) is 0 Å². The van der Waals surface area contributed by atoms with E-state index in [0.717, 1.165) is 0 Å². The Morgan fingerprint density at radius 3 is 0.650 bits per heavy atom. The predicted octanol–water partition coefficient (Wildman–Crippen LogP) is -2.07. The molecule has 0 atom stereocenters. The summed E-state index contributed by atoms with van der Waals surface area (Å²) in [7, 11) is 0. The Balaban J connectivity index is -0.0000000536. The minimum absolute atomic E-state index is 0. The van der Waals surface area contributed by atoms with Crippen LogP contribution in [-0.4, -0.2) is 17.9 Å². The maximum absolute atomic E-state index is 9.49. The van der Waals surface area contributed by atoms with Crippen LogP contribution in [0.5, 0.6) is 0 Å². The summed E-state index contributed by atoms with van der Waals surface area (Å²) in [4.78, 5) is 28.5. The SMILES string of the molecule is C=C(C)C(=O)[O-].C=C(C)C(=O)[O-].C=C(C)C(=O)[O-].[Zn+2].[Zn+2]. The zero-order valence-corrected chi connectivity index (χ0v) is 17.9. The van der Waals surface area contributed by atoms with Crippen LogP contribution in [-0.2, 0) is 53.3 Å². The first kappa shape index (κ1) is 31.3. The van der Waals surface area contributed by atoms with Crippen LogP contribution in [0.3, 0.4) is 0 Å². The third-order valence-electron chi connectivity index (χ3n) is 1.05. The van der Waals surface area contributed by atoms with Gasteiger partial charge >= 0.3 is 39.0 Å². The van der Waals surface area contributed by atoms with E-state index >= 15 is 0 Å². The fraction of sp³-hybridized carbons (Fsp3) is 0.250. The number of carboxylic acid groups (broad SMARTS) is 3. The van der Waals surface area contributed by atoms with Crippen LogP contribution in [0.4, 0.5) is 0 Å². The Labute approximate surface area is 143 Å². The molecule has 0 aromatic carbocycles. The molecule has 0 saturated carbocycles. The Kier molecular flexibility index (Phi) is 28.0. The first-order valence-corrected chi connectivity index (χ1v) is 4.54. The summed E-state index contributed by atoms with van der Waals surface area (Å²) in [6, 6.07) is 0. The first-order chi connectivity index (χ1) is 7.93. The van der Waals surface area contributed by atoms with Crippen LogP contribution in [0.2, 0.25) is 0 Å². The van der Waals surface area contributed by atoms with Gasteiger partial charge in [0.2, 0.25) is 0 Å². The maximum Gasteiger partial charge on any atom is 2.00 e. The van der Waals surface area contributed by atoms with Crippen molar-refractivity contribution in [3.8, 4) is 0 Å². The standard InChI is InChI=1S/3C4H6O2.2Zn/c3*1-3(2)4(5)6;;/h3*1H2,2H3,(H,5,6);;/q;;;2*+2/p-3. The molecule has 0 spiro atoms. The number of rotatable bonds is 3. The van der Waals surface area contributed by atoms with Gasteiger partial charge in [-0.3, -0.25) is 0 Å². The molecule has 6 nitrogen and oxygen atoms in total. The second kappa shape index (κ2) is 17.9. The fourth-order valence-electron chi connectivity index (χ4n) is 0. The molecule has 0 aromatic rings. The molecule has 0 bridgehead atoms. The second-order valence-electron chi connectivity index (χ2n) is 3.20. The van der Waals surface area contributed by atoms with Gasteiger partial charge in [-0.05, 0) is 37.5 Å². The Morgan fingerprint density at radius 2 is 0.650 bits per heavy atom. The molecule has 8 heteroatoms. The van der Waals surface area contributed by atoms with Crippen LogP contribution < -0.4 is 15.3 Å². The van der Waals surface area contributed by atoms with E-state index in [2.05, 4.69) is 19.7 Å². The smallest absolute Gasteiger partial charge is 0.545 e. The van der Waals surface area contributed by atoms with Gasteiger partial charge in [0.05, 0.1) is 17.9 Å². The first-order valence-electron chi connectivity index (χ1n) is 4.54. The van der Waals surface area contributed by atoms with Crippen molar-refractivity contribution in [2.24, 2.45) is 0 Å². The van der Waals surface area contributed by atoms with Crippen LogP contribution >= 0.6 is 0 Å². The van der Waals surface area contributed by atoms with Crippen molar-refractivity contribution < 1.29 is 68.7 Å². The number of carbonyl (C=O) groups is 3. The van der Waals surface area contributed by atoms with Crippen molar-refractivity contribution >= 4 is 17.9 Å². The van der Waals surface area contributed by atoms with Crippen LogP contribution in [0.15, 0.2) is 36.5 Å². The van der Waals surface area contributed by atoms with Gasteiger partial charge in [-0.25, -0.2) is 0 Å². The van der Waals surface area contributed by atoms with E-state index in [9.17, 15) is 29.7 Å². The van der Waals surface area contributed by atoms with Crippen molar-refractivity contribution in [3.63, 3.8) is 0 Å². The molecule has 0 N–H and O–H groups in total. The Bertz CT molecular complexity index is 281. The van der Waals surface area contributed by atoms with Crippen molar-refractivity contribution in [1.82, 2.24) is 0 Å². The van der Waals surface area contributed by atoms with Crippen LogP contribution in [0.1, 0.15) is 20.8 Å². The molecule has 0 aliphatic carbocycles. The van der Waals surface area contributed by atoms with E-state index in [1.807, 2.05) is 0 Å². The zero-order chi connectivity index (χ0) is 15.5. The largest absolute Gasteiger partial charge is 2.00 e. The molecular formula is C12H15O6Zn2+. The maximum atomic E-state index is 9.49. The van der Waals surface area contributed by atoms with Gasteiger partial charge in [-0.15, -0.1) is 0 Å². The summed E-state index contributed by atoms with van der Waals surface area (Å²) < 4.78 is 0. The van der Waals surface area contributed by atoms with Gasteiger partial charge in [-0.2, -0.15) is 0 Å². The normalized spacial score (nSPS) is 6.75. The average molecular weight is 386 g/mol. The fourth-order valence-corrected chi connectivity index (χ4v) is 0. The molecule has 0 rings (SSSR count). The minimum atomic E-state index is -1.19. The zero-order valence-electron chi connectivity index (χ0n) is 12.0. The van der Waals surface area contributed by atoms with Gasteiger partial charge in [0.25, 0.3) is 0 Å². The van der Waals surface area contributed by atoms with Gasteiger partial charge in [-0.1, -0.05) is 19.7 Å². The van der Waals surface area contributed by atoms with E-state index in [4.69, 9.17) is 0 Å². The molecule has 0 aromatic heterocycles. The second-order valence-corrected chi connectivity index (χ2v) is 3.20. The number of carboxylic acids is 3. The molecule has 0 aliphatic rings. The molecule has 0 unspecified atom stereocenters. The summed E-state index contributed by atoms with van der Waals surface area (Å²) in [6.07, 6.45) is 0. The molecule has 0 heterocycles. The molecule has 102 valence electrons. The van der Waals surface area contributed by atoms with Crippen molar-refractivity contribution in [3.05, 3.63) is 36.5 Å². The molecular weight excluding hydrogens is 371 g/mol. The monoisotopic (exact) mass is 383 g/mol.